The van der Waals surface area contributed by atoms with Crippen molar-refractivity contribution in [2.75, 3.05) is 0 Å². The molecule has 0 atom stereocenters. The molecular formula is C37H41F4NO. The van der Waals surface area contributed by atoms with Gasteiger partial charge in [-0.3, -0.25) is 0 Å². The molecule has 228 valence electrons. The lowest BCUT2D eigenvalue weighted by molar-refractivity contribution is -0.222. The zero-order chi connectivity index (χ0) is 30.4. The Morgan fingerprint density at radius 3 is 1.95 bits per heavy atom. The first-order valence-electron chi connectivity index (χ1n) is 15.9. The predicted molar refractivity (Wildman–Crippen MR) is 162 cm³/mol. The van der Waals surface area contributed by atoms with Crippen molar-refractivity contribution in [1.82, 2.24) is 0 Å². The van der Waals surface area contributed by atoms with Gasteiger partial charge in [-0.05, 0) is 110 Å². The lowest BCUT2D eigenvalue weighted by atomic mass is 9.75. The summed E-state index contributed by atoms with van der Waals surface area (Å²) in [5.74, 6) is -1.03. The van der Waals surface area contributed by atoms with Crippen LogP contribution in [0, 0.1) is 34.8 Å². The smallest absolute Gasteiger partial charge is 0.400 e. The van der Waals surface area contributed by atoms with Crippen molar-refractivity contribution in [3.8, 4) is 22.9 Å². The maximum atomic E-state index is 15.2. The molecule has 5 rings (SSSR count). The highest BCUT2D eigenvalue weighted by atomic mass is 19.3. The van der Waals surface area contributed by atoms with Crippen molar-refractivity contribution >= 4 is 0 Å². The van der Waals surface area contributed by atoms with Crippen molar-refractivity contribution in [2.45, 2.75) is 102 Å². The Labute approximate surface area is 253 Å². The van der Waals surface area contributed by atoms with Crippen LogP contribution in [-0.2, 0) is 0 Å². The van der Waals surface area contributed by atoms with Gasteiger partial charge >= 0.3 is 6.11 Å². The van der Waals surface area contributed by atoms with E-state index in [9.17, 15) is 8.78 Å². The monoisotopic (exact) mass is 591 g/mol. The molecule has 2 fully saturated rings. The van der Waals surface area contributed by atoms with Gasteiger partial charge < -0.3 is 4.74 Å². The first-order chi connectivity index (χ1) is 20.8. The van der Waals surface area contributed by atoms with Gasteiger partial charge in [0.1, 0.15) is 23.5 Å². The number of nitrogens with zero attached hydrogens (tertiary/aromatic N) is 1. The second-order valence-electron chi connectivity index (χ2n) is 12.5. The van der Waals surface area contributed by atoms with Crippen LogP contribution in [0.15, 0.2) is 60.7 Å². The van der Waals surface area contributed by atoms with Crippen LogP contribution in [0.25, 0.3) is 11.1 Å². The van der Waals surface area contributed by atoms with Crippen LogP contribution in [0.3, 0.4) is 0 Å². The molecule has 0 spiro atoms. The number of benzene rings is 3. The van der Waals surface area contributed by atoms with Gasteiger partial charge in [0.25, 0.3) is 0 Å². The van der Waals surface area contributed by atoms with Crippen molar-refractivity contribution in [3.05, 3.63) is 89.0 Å². The molecule has 0 heterocycles. The highest BCUT2D eigenvalue weighted by molar-refractivity contribution is 5.66. The standard InChI is InChI=1S/C37H41F4NO/c1-2-3-4-5-25-6-8-26(9-7-25)27-10-12-28(13-11-27)29-16-18-32(19-17-29)37(40,41)43-33-20-21-34(36(39)23-33)30-14-15-31(24-42)35(38)22-30/h10-15,20-23,25-26,29,32H,2-9,16-19H2,1H3. The van der Waals surface area contributed by atoms with E-state index in [1.54, 1.807) is 6.07 Å². The first kappa shape index (κ1) is 31.1. The molecule has 0 bridgehead atoms. The average Bonchev–Trinajstić information content (AvgIpc) is 3.01. The number of rotatable bonds is 10. The molecule has 0 aliphatic heterocycles. The fourth-order valence-electron chi connectivity index (χ4n) is 7.08. The Balaban J connectivity index is 1.13. The van der Waals surface area contributed by atoms with E-state index < -0.39 is 23.7 Å². The Morgan fingerprint density at radius 2 is 1.40 bits per heavy atom. The molecule has 0 amide bonds. The maximum Gasteiger partial charge on any atom is 0.400 e. The van der Waals surface area contributed by atoms with Crippen LogP contribution in [0.1, 0.15) is 112 Å². The third-order valence-corrected chi connectivity index (χ3v) is 9.74. The van der Waals surface area contributed by atoms with Crippen LogP contribution >= 0.6 is 0 Å². The fourth-order valence-corrected chi connectivity index (χ4v) is 7.08. The minimum absolute atomic E-state index is 0.0423. The zero-order valence-corrected chi connectivity index (χ0v) is 24.9. The van der Waals surface area contributed by atoms with Gasteiger partial charge in [-0.25, -0.2) is 8.78 Å². The highest BCUT2D eigenvalue weighted by Crippen LogP contribution is 2.44. The number of hydrogen-bond acceptors (Lipinski definition) is 2. The molecule has 2 aliphatic carbocycles. The molecule has 0 radical (unpaired) electrons. The largest absolute Gasteiger partial charge is 0.432 e. The SMILES string of the molecule is CCCCCC1CCC(c2ccc(C3CCC(C(F)(F)Oc4ccc(-c5ccc(C#N)c(F)c5)c(F)c4)CC3)cc2)CC1. The van der Waals surface area contributed by atoms with Gasteiger partial charge in [0, 0.05) is 11.6 Å². The van der Waals surface area contributed by atoms with E-state index in [2.05, 4.69) is 31.2 Å². The van der Waals surface area contributed by atoms with Gasteiger partial charge in [-0.1, -0.05) is 62.9 Å². The quantitative estimate of drug-likeness (QED) is 0.174. The Bertz CT molecular complexity index is 1400. The Hall–Kier alpha value is -3.33. The topological polar surface area (TPSA) is 33.0 Å². The molecule has 2 nitrogen and oxygen atoms in total. The Kier molecular flexibility index (Phi) is 10.1. The van der Waals surface area contributed by atoms with E-state index in [1.165, 1.54) is 86.8 Å². The summed E-state index contributed by atoms with van der Waals surface area (Å²) in [5.41, 5.74) is 2.73. The Morgan fingerprint density at radius 1 is 0.767 bits per heavy atom. The minimum Gasteiger partial charge on any atom is -0.432 e. The molecular weight excluding hydrogens is 550 g/mol. The summed E-state index contributed by atoms with van der Waals surface area (Å²) in [5, 5.41) is 8.89. The lowest BCUT2D eigenvalue weighted by Gasteiger charge is -2.33. The van der Waals surface area contributed by atoms with Gasteiger partial charge in [0.05, 0.1) is 11.5 Å². The van der Waals surface area contributed by atoms with Crippen LogP contribution in [-0.4, -0.2) is 6.11 Å². The number of ether oxygens (including phenoxy) is 1. The lowest BCUT2D eigenvalue weighted by Crippen LogP contribution is -2.37. The van der Waals surface area contributed by atoms with Crippen LogP contribution in [0.2, 0.25) is 0 Å². The van der Waals surface area contributed by atoms with E-state index in [4.69, 9.17) is 10.00 Å². The van der Waals surface area contributed by atoms with E-state index in [-0.39, 0.29) is 28.4 Å². The minimum atomic E-state index is -3.43. The third kappa shape index (κ3) is 7.61. The summed E-state index contributed by atoms with van der Waals surface area (Å²) in [6, 6.07) is 17.8. The highest BCUT2D eigenvalue weighted by Gasteiger charge is 2.44. The summed E-state index contributed by atoms with van der Waals surface area (Å²) in [7, 11) is 0. The summed E-state index contributed by atoms with van der Waals surface area (Å²) < 4.78 is 64.2. The van der Waals surface area contributed by atoms with Gasteiger partial charge in [0.15, 0.2) is 0 Å². The van der Waals surface area contributed by atoms with Crippen molar-refractivity contribution in [1.29, 1.82) is 5.26 Å². The number of unbranched alkanes of at least 4 members (excludes halogenated alkanes) is 2. The van der Waals surface area contributed by atoms with Crippen LogP contribution in [0.4, 0.5) is 17.6 Å². The fraction of sp³-hybridized carbons (Fsp3) is 0.486. The molecule has 0 unspecified atom stereocenters. The number of alkyl halides is 2. The summed E-state index contributed by atoms with van der Waals surface area (Å²) in [6.45, 7) is 2.26. The second kappa shape index (κ2) is 14.0. The molecule has 0 aromatic heterocycles. The van der Waals surface area contributed by atoms with E-state index in [0.717, 1.165) is 18.1 Å². The molecule has 6 heteroatoms. The second-order valence-corrected chi connectivity index (χ2v) is 12.5. The maximum absolute atomic E-state index is 15.2. The summed E-state index contributed by atoms with van der Waals surface area (Å²) in [4.78, 5) is 0. The van der Waals surface area contributed by atoms with E-state index in [0.29, 0.717) is 31.6 Å². The van der Waals surface area contributed by atoms with E-state index in [1.807, 2.05) is 0 Å². The molecule has 0 N–H and O–H groups in total. The molecule has 43 heavy (non-hydrogen) atoms. The molecule has 0 saturated heterocycles. The van der Waals surface area contributed by atoms with Crippen LogP contribution in [0.5, 0.6) is 5.75 Å². The zero-order valence-electron chi connectivity index (χ0n) is 24.9. The van der Waals surface area contributed by atoms with Crippen molar-refractivity contribution in [2.24, 2.45) is 11.8 Å². The van der Waals surface area contributed by atoms with E-state index >= 15 is 8.78 Å². The van der Waals surface area contributed by atoms with Gasteiger partial charge in [-0.2, -0.15) is 14.0 Å². The van der Waals surface area contributed by atoms with Crippen molar-refractivity contribution in [3.63, 3.8) is 0 Å². The number of hydrogen-bond donors (Lipinski definition) is 0. The van der Waals surface area contributed by atoms with Gasteiger partial charge in [-0.15, -0.1) is 0 Å². The number of nitriles is 1. The first-order valence-corrected chi connectivity index (χ1v) is 15.9. The van der Waals surface area contributed by atoms with Crippen molar-refractivity contribution < 1.29 is 22.3 Å². The third-order valence-electron chi connectivity index (χ3n) is 9.74. The summed E-state index contributed by atoms with van der Waals surface area (Å²) >= 11 is 0. The molecule has 3 aromatic carbocycles. The molecule has 2 saturated carbocycles. The van der Waals surface area contributed by atoms with Gasteiger partial charge in [0.2, 0.25) is 0 Å². The average molecular weight is 592 g/mol. The molecule has 2 aliphatic rings. The number of halogens is 4. The van der Waals surface area contributed by atoms with Crippen LogP contribution < -0.4 is 4.74 Å². The summed E-state index contributed by atoms with van der Waals surface area (Å²) in [6.07, 6.45) is 9.05. The normalized spacial score (nSPS) is 22.6. The predicted octanol–water partition coefficient (Wildman–Crippen LogP) is 11.3. The molecule has 3 aromatic rings.